The van der Waals surface area contributed by atoms with Crippen LogP contribution in [-0.4, -0.2) is 32.8 Å². The first-order valence-corrected chi connectivity index (χ1v) is 10.3. The predicted octanol–water partition coefficient (Wildman–Crippen LogP) is 4.02. The van der Waals surface area contributed by atoms with Crippen LogP contribution in [0.3, 0.4) is 0 Å². The van der Waals surface area contributed by atoms with Gasteiger partial charge in [0.15, 0.2) is 5.82 Å². The number of benzene rings is 1. The number of halogens is 1. The second-order valence-electron chi connectivity index (χ2n) is 7.14. The molecule has 0 aliphatic carbocycles. The minimum absolute atomic E-state index is 0.0913. The summed E-state index contributed by atoms with van der Waals surface area (Å²) in [6.45, 7) is 1.86. The minimum Gasteiger partial charge on any atom is -0.494 e. The van der Waals surface area contributed by atoms with Crippen molar-refractivity contribution in [2.24, 2.45) is 0 Å². The molecule has 0 unspecified atom stereocenters. The number of hydrogen-bond donors (Lipinski definition) is 0. The number of hydrogen-bond acceptors (Lipinski definition) is 7. The molecule has 0 spiro atoms. The maximum atomic E-state index is 13.0. The molecule has 0 amide bonds. The highest BCUT2D eigenvalue weighted by molar-refractivity contribution is 6.29. The average Bonchev–Trinajstić information content (AvgIpc) is 2.83. The molecular formula is C24H19ClN4O4. The molecule has 0 bridgehead atoms. The van der Waals surface area contributed by atoms with E-state index in [-0.39, 0.29) is 28.7 Å². The van der Waals surface area contributed by atoms with E-state index in [0.29, 0.717) is 16.9 Å². The van der Waals surface area contributed by atoms with Gasteiger partial charge in [-0.25, -0.2) is 14.8 Å². The van der Waals surface area contributed by atoms with E-state index < -0.39 is 5.97 Å². The fraction of sp³-hybridized carbons (Fsp3) is 0.125. The molecule has 166 valence electrons. The van der Waals surface area contributed by atoms with Crippen molar-refractivity contribution in [1.82, 2.24) is 19.7 Å². The first kappa shape index (κ1) is 22.2. The zero-order valence-corrected chi connectivity index (χ0v) is 18.6. The number of esters is 1. The largest absolute Gasteiger partial charge is 0.494 e. The lowest BCUT2D eigenvalue weighted by Crippen LogP contribution is -2.21. The minimum atomic E-state index is -0.591. The van der Waals surface area contributed by atoms with Crippen molar-refractivity contribution in [1.29, 1.82) is 0 Å². The van der Waals surface area contributed by atoms with Crippen molar-refractivity contribution < 1.29 is 14.3 Å². The maximum Gasteiger partial charge on any atom is 0.340 e. The zero-order chi connectivity index (χ0) is 23.4. The van der Waals surface area contributed by atoms with Gasteiger partial charge in [0, 0.05) is 23.4 Å². The van der Waals surface area contributed by atoms with E-state index in [0.717, 1.165) is 15.8 Å². The number of aryl methyl sites for hydroxylation is 1. The molecule has 0 aliphatic rings. The molecule has 3 aromatic heterocycles. The van der Waals surface area contributed by atoms with Crippen molar-refractivity contribution in [3.63, 3.8) is 0 Å². The van der Waals surface area contributed by atoms with E-state index in [4.69, 9.17) is 21.1 Å². The summed E-state index contributed by atoms with van der Waals surface area (Å²) < 4.78 is 12.1. The van der Waals surface area contributed by atoms with Crippen LogP contribution in [0.4, 0.5) is 0 Å². The second kappa shape index (κ2) is 9.62. The Morgan fingerprint density at radius 1 is 1.03 bits per heavy atom. The molecule has 4 aromatic rings. The molecular weight excluding hydrogens is 444 g/mol. The molecule has 0 saturated heterocycles. The molecule has 33 heavy (non-hydrogen) atoms. The van der Waals surface area contributed by atoms with Crippen molar-refractivity contribution in [3.05, 3.63) is 99.3 Å². The number of aromatic nitrogens is 4. The number of carbonyl (C=O) groups excluding carboxylic acids is 1. The van der Waals surface area contributed by atoms with Gasteiger partial charge in [-0.3, -0.25) is 4.79 Å². The van der Waals surface area contributed by atoms with Crippen molar-refractivity contribution in [2.45, 2.75) is 13.5 Å². The average molecular weight is 463 g/mol. The van der Waals surface area contributed by atoms with E-state index >= 15 is 0 Å². The van der Waals surface area contributed by atoms with Crippen LogP contribution < -0.4 is 10.3 Å². The van der Waals surface area contributed by atoms with Crippen molar-refractivity contribution in [2.75, 3.05) is 7.11 Å². The molecule has 0 fully saturated rings. The number of nitrogens with zero attached hydrogens (tertiary/aromatic N) is 4. The Morgan fingerprint density at radius 2 is 1.82 bits per heavy atom. The van der Waals surface area contributed by atoms with Gasteiger partial charge in [0.05, 0.1) is 25.1 Å². The summed E-state index contributed by atoms with van der Waals surface area (Å²) in [7, 11) is 1.48. The van der Waals surface area contributed by atoms with Crippen molar-refractivity contribution >= 4 is 17.6 Å². The molecule has 0 saturated carbocycles. The lowest BCUT2D eigenvalue weighted by atomic mass is 10.0. The smallest absolute Gasteiger partial charge is 0.340 e. The third kappa shape index (κ3) is 4.91. The van der Waals surface area contributed by atoms with Crippen molar-refractivity contribution in [3.8, 4) is 22.7 Å². The SMILES string of the molecule is COc1cnc(Cl)cc1-c1cc(-n2ncc(C)cc2=O)ncc1C(=O)OCc1ccccc1. The number of carbonyl (C=O) groups is 1. The Hall–Kier alpha value is -4.04. The Morgan fingerprint density at radius 3 is 2.55 bits per heavy atom. The Balaban J connectivity index is 1.81. The van der Waals surface area contributed by atoms with Crippen LogP contribution in [0.15, 0.2) is 71.9 Å². The fourth-order valence-corrected chi connectivity index (χ4v) is 3.37. The van der Waals surface area contributed by atoms with Gasteiger partial charge in [-0.05, 0) is 30.2 Å². The molecule has 8 nitrogen and oxygen atoms in total. The molecule has 9 heteroatoms. The number of methoxy groups -OCH3 is 1. The lowest BCUT2D eigenvalue weighted by molar-refractivity contribution is 0.0473. The molecule has 0 atom stereocenters. The van der Waals surface area contributed by atoms with Crippen LogP contribution >= 0.6 is 11.6 Å². The van der Waals surface area contributed by atoms with E-state index in [1.807, 2.05) is 30.3 Å². The quantitative estimate of drug-likeness (QED) is 0.315. The van der Waals surface area contributed by atoms with Crippen LogP contribution in [0, 0.1) is 6.92 Å². The van der Waals surface area contributed by atoms with Crippen LogP contribution in [0.1, 0.15) is 21.5 Å². The lowest BCUT2D eigenvalue weighted by Gasteiger charge is -2.14. The van der Waals surface area contributed by atoms with E-state index in [1.54, 1.807) is 25.3 Å². The fourth-order valence-electron chi connectivity index (χ4n) is 3.21. The van der Waals surface area contributed by atoms with Crippen LogP contribution in [0.25, 0.3) is 16.9 Å². The Kier molecular flexibility index (Phi) is 6.46. The normalized spacial score (nSPS) is 10.6. The zero-order valence-electron chi connectivity index (χ0n) is 17.9. The Labute approximate surface area is 194 Å². The number of pyridine rings is 2. The van der Waals surface area contributed by atoms with Gasteiger partial charge >= 0.3 is 5.97 Å². The highest BCUT2D eigenvalue weighted by Gasteiger charge is 2.21. The monoisotopic (exact) mass is 462 g/mol. The van der Waals surface area contributed by atoms with Gasteiger partial charge in [-0.1, -0.05) is 41.9 Å². The Bertz CT molecular complexity index is 1370. The molecule has 3 heterocycles. The molecule has 0 radical (unpaired) electrons. The highest BCUT2D eigenvalue weighted by atomic mass is 35.5. The first-order chi connectivity index (χ1) is 16.0. The molecule has 0 aliphatic heterocycles. The topological polar surface area (TPSA) is 96.2 Å². The summed E-state index contributed by atoms with van der Waals surface area (Å²) in [5.74, 6) is 0.0228. The number of ether oxygens (including phenoxy) is 2. The predicted molar refractivity (Wildman–Crippen MR) is 123 cm³/mol. The summed E-state index contributed by atoms with van der Waals surface area (Å²) in [6, 6.07) is 13.9. The van der Waals surface area contributed by atoms with Gasteiger partial charge in [-0.15, -0.1) is 0 Å². The summed E-state index contributed by atoms with van der Waals surface area (Å²) in [5.41, 5.74) is 2.29. The highest BCUT2D eigenvalue weighted by Crippen LogP contribution is 2.34. The standard InChI is InChI=1S/C24H19ClN4O4/c1-15-8-23(30)29(28-11-15)22-10-17(18-9-21(25)26-13-20(18)32-2)19(12-27-22)24(31)33-14-16-6-4-3-5-7-16/h3-13H,14H2,1-2H3. The van der Waals surface area contributed by atoms with Crippen LogP contribution in [0.5, 0.6) is 5.75 Å². The van der Waals surface area contributed by atoms with Gasteiger partial charge < -0.3 is 9.47 Å². The number of rotatable bonds is 6. The third-order valence-corrected chi connectivity index (χ3v) is 5.03. The maximum absolute atomic E-state index is 13.0. The van der Waals surface area contributed by atoms with Gasteiger partial charge in [0.25, 0.3) is 5.56 Å². The first-order valence-electron chi connectivity index (χ1n) is 9.93. The molecule has 1 aromatic carbocycles. The van der Waals surface area contributed by atoms with E-state index in [9.17, 15) is 9.59 Å². The second-order valence-corrected chi connectivity index (χ2v) is 7.53. The molecule has 4 rings (SSSR count). The summed E-state index contributed by atoms with van der Waals surface area (Å²) in [6.07, 6.45) is 4.35. The van der Waals surface area contributed by atoms with E-state index in [1.165, 1.54) is 25.6 Å². The summed E-state index contributed by atoms with van der Waals surface area (Å²) >= 11 is 6.13. The third-order valence-electron chi connectivity index (χ3n) is 4.82. The van der Waals surface area contributed by atoms with Gasteiger partial charge in [-0.2, -0.15) is 9.78 Å². The summed E-state index contributed by atoms with van der Waals surface area (Å²) in [4.78, 5) is 33.8. The van der Waals surface area contributed by atoms with E-state index in [2.05, 4.69) is 15.1 Å². The van der Waals surface area contributed by atoms with Crippen LogP contribution in [-0.2, 0) is 11.3 Å². The van der Waals surface area contributed by atoms with Gasteiger partial charge in [0.2, 0.25) is 0 Å². The molecule has 0 N–H and O–H groups in total. The van der Waals surface area contributed by atoms with Crippen LogP contribution in [0.2, 0.25) is 5.15 Å². The van der Waals surface area contributed by atoms with Gasteiger partial charge in [0.1, 0.15) is 17.5 Å². The summed E-state index contributed by atoms with van der Waals surface area (Å²) in [5, 5.41) is 4.36.